The van der Waals surface area contributed by atoms with Crippen LogP contribution in [0.25, 0.3) is 11.1 Å². The summed E-state index contributed by atoms with van der Waals surface area (Å²) in [5, 5.41) is 0. The number of rotatable bonds is 16. The molecule has 0 unspecified atom stereocenters. The summed E-state index contributed by atoms with van der Waals surface area (Å²) in [5.41, 5.74) is 6.40. The molecule has 0 bridgehead atoms. The number of pyridine rings is 1. The Morgan fingerprint density at radius 3 is 1.82 bits per heavy atom. The molecule has 0 aliphatic rings. The van der Waals surface area contributed by atoms with Crippen LogP contribution in [0.5, 0.6) is 5.75 Å². The van der Waals surface area contributed by atoms with Gasteiger partial charge in [0, 0.05) is 11.9 Å². The van der Waals surface area contributed by atoms with E-state index in [2.05, 4.69) is 80.7 Å². The second-order valence-corrected chi connectivity index (χ2v) is 9.45. The Labute approximate surface area is 207 Å². The van der Waals surface area contributed by atoms with Crippen molar-refractivity contribution in [3.05, 3.63) is 83.7 Å². The fraction of sp³-hybridized carbons (Fsp3) is 0.469. The summed E-state index contributed by atoms with van der Waals surface area (Å²) in [6.45, 7) is 5.31. The first kappa shape index (κ1) is 26.0. The van der Waals surface area contributed by atoms with Gasteiger partial charge >= 0.3 is 0 Å². The van der Waals surface area contributed by atoms with Crippen molar-refractivity contribution < 1.29 is 4.74 Å². The summed E-state index contributed by atoms with van der Waals surface area (Å²) in [6, 6.07) is 21.9. The van der Waals surface area contributed by atoms with Crippen LogP contribution >= 0.6 is 0 Å². The van der Waals surface area contributed by atoms with Gasteiger partial charge in [0.2, 0.25) is 0 Å². The molecule has 1 heterocycles. The molecule has 0 atom stereocenters. The number of ether oxygens (including phenoxy) is 1. The molecule has 0 saturated carbocycles. The largest absolute Gasteiger partial charge is 0.494 e. The second kappa shape index (κ2) is 15.3. The Morgan fingerprint density at radius 2 is 1.18 bits per heavy atom. The van der Waals surface area contributed by atoms with E-state index in [1.54, 1.807) is 0 Å². The van der Waals surface area contributed by atoms with Gasteiger partial charge in [-0.2, -0.15) is 0 Å². The smallest absolute Gasteiger partial charge is 0.119 e. The molecule has 0 aliphatic carbocycles. The first-order valence-electron chi connectivity index (χ1n) is 13.5. The lowest BCUT2D eigenvalue weighted by atomic mass is 10.0. The van der Waals surface area contributed by atoms with Crippen LogP contribution < -0.4 is 4.74 Å². The molecule has 3 aromatic rings. The SMILES string of the molecule is CCCCCCCc1ccc(CCc2ccc(-c3ccc(OCCCCCC)cc3)cc2)nc1. The van der Waals surface area contributed by atoms with Crippen molar-refractivity contribution in [2.24, 2.45) is 0 Å². The van der Waals surface area contributed by atoms with Gasteiger partial charge in [0.05, 0.1) is 6.61 Å². The van der Waals surface area contributed by atoms with Crippen molar-refractivity contribution >= 4 is 0 Å². The number of hydrogen-bond donors (Lipinski definition) is 0. The van der Waals surface area contributed by atoms with Gasteiger partial charge in [-0.25, -0.2) is 0 Å². The van der Waals surface area contributed by atoms with Crippen LogP contribution in [0.2, 0.25) is 0 Å². The van der Waals surface area contributed by atoms with Crippen molar-refractivity contribution in [3.63, 3.8) is 0 Å². The highest BCUT2D eigenvalue weighted by Gasteiger charge is 2.02. The van der Waals surface area contributed by atoms with Crippen molar-refractivity contribution in [2.45, 2.75) is 90.9 Å². The Morgan fingerprint density at radius 1 is 0.559 bits per heavy atom. The molecular weight excluding hydrogens is 414 g/mol. The molecule has 2 nitrogen and oxygen atoms in total. The van der Waals surface area contributed by atoms with E-state index in [0.29, 0.717) is 0 Å². The van der Waals surface area contributed by atoms with Gasteiger partial charge in [0.25, 0.3) is 0 Å². The van der Waals surface area contributed by atoms with Crippen molar-refractivity contribution in [1.82, 2.24) is 4.98 Å². The fourth-order valence-electron chi connectivity index (χ4n) is 4.28. The maximum Gasteiger partial charge on any atom is 0.119 e. The number of benzene rings is 2. The van der Waals surface area contributed by atoms with E-state index in [0.717, 1.165) is 38.0 Å². The summed E-state index contributed by atoms with van der Waals surface area (Å²) in [4.78, 5) is 4.71. The number of hydrogen-bond acceptors (Lipinski definition) is 2. The van der Waals surface area contributed by atoms with Gasteiger partial charge in [-0.3, -0.25) is 4.98 Å². The highest BCUT2D eigenvalue weighted by molar-refractivity contribution is 5.64. The lowest BCUT2D eigenvalue weighted by Crippen LogP contribution is -1.97. The maximum atomic E-state index is 5.87. The van der Waals surface area contributed by atoms with Gasteiger partial charge < -0.3 is 4.74 Å². The molecule has 0 N–H and O–H groups in total. The van der Waals surface area contributed by atoms with Gasteiger partial charge in [0.15, 0.2) is 0 Å². The van der Waals surface area contributed by atoms with E-state index in [9.17, 15) is 0 Å². The predicted octanol–water partition coefficient (Wildman–Crippen LogP) is 9.01. The minimum atomic E-state index is 0.810. The first-order valence-corrected chi connectivity index (χ1v) is 13.5. The van der Waals surface area contributed by atoms with Crippen LogP contribution in [0.3, 0.4) is 0 Å². The Kier molecular flexibility index (Phi) is 11.7. The molecule has 1 aromatic heterocycles. The van der Waals surface area contributed by atoms with E-state index in [4.69, 9.17) is 9.72 Å². The van der Waals surface area contributed by atoms with E-state index in [1.165, 1.54) is 79.3 Å². The van der Waals surface area contributed by atoms with Crippen LogP contribution in [0.15, 0.2) is 66.9 Å². The van der Waals surface area contributed by atoms with Crippen LogP contribution in [0.4, 0.5) is 0 Å². The molecule has 182 valence electrons. The molecule has 0 spiro atoms. The summed E-state index contributed by atoms with van der Waals surface area (Å²) < 4.78 is 5.87. The van der Waals surface area contributed by atoms with Gasteiger partial charge in [0.1, 0.15) is 5.75 Å². The topological polar surface area (TPSA) is 22.1 Å². The van der Waals surface area contributed by atoms with Gasteiger partial charge in [-0.1, -0.05) is 101 Å². The highest BCUT2D eigenvalue weighted by Crippen LogP contribution is 2.23. The van der Waals surface area contributed by atoms with Crippen LogP contribution in [0, 0.1) is 0 Å². The fourth-order valence-corrected chi connectivity index (χ4v) is 4.28. The first-order chi connectivity index (χ1) is 16.8. The molecule has 0 amide bonds. The molecular formula is C32H43NO. The predicted molar refractivity (Wildman–Crippen MR) is 146 cm³/mol. The molecule has 2 heteroatoms. The third-order valence-corrected chi connectivity index (χ3v) is 6.53. The second-order valence-electron chi connectivity index (χ2n) is 9.45. The standard InChI is InChI=1S/C32H43NO/c1-3-5-7-9-10-12-28-16-22-31(33-26-28)21-15-27-13-17-29(18-14-27)30-19-23-32(24-20-30)34-25-11-8-6-4-2/h13-14,16-20,22-24,26H,3-12,15,21,25H2,1-2H3. The zero-order chi connectivity index (χ0) is 23.8. The lowest BCUT2D eigenvalue weighted by molar-refractivity contribution is 0.305. The van der Waals surface area contributed by atoms with Crippen molar-refractivity contribution in [3.8, 4) is 16.9 Å². The summed E-state index contributed by atoms with van der Waals surface area (Å²) in [6.07, 6.45) is 16.8. The normalized spacial score (nSPS) is 11.0. The van der Waals surface area contributed by atoms with Crippen molar-refractivity contribution in [1.29, 1.82) is 0 Å². The van der Waals surface area contributed by atoms with E-state index >= 15 is 0 Å². The quantitative estimate of drug-likeness (QED) is 0.200. The third kappa shape index (κ3) is 9.33. The van der Waals surface area contributed by atoms with Gasteiger partial charge in [-0.15, -0.1) is 0 Å². The van der Waals surface area contributed by atoms with E-state index in [1.807, 2.05) is 0 Å². The molecule has 34 heavy (non-hydrogen) atoms. The number of aryl methyl sites for hydroxylation is 3. The summed E-state index contributed by atoms with van der Waals surface area (Å²) >= 11 is 0. The molecule has 0 fully saturated rings. The molecule has 0 saturated heterocycles. The minimum Gasteiger partial charge on any atom is -0.494 e. The minimum absolute atomic E-state index is 0.810. The zero-order valence-electron chi connectivity index (χ0n) is 21.4. The van der Waals surface area contributed by atoms with E-state index in [-0.39, 0.29) is 0 Å². The van der Waals surface area contributed by atoms with Crippen LogP contribution in [-0.2, 0) is 19.3 Å². The Hall–Kier alpha value is -2.61. The van der Waals surface area contributed by atoms with Crippen molar-refractivity contribution in [2.75, 3.05) is 6.61 Å². The lowest BCUT2D eigenvalue weighted by Gasteiger charge is -2.08. The average Bonchev–Trinajstić information content (AvgIpc) is 2.89. The molecule has 3 rings (SSSR count). The highest BCUT2D eigenvalue weighted by atomic mass is 16.5. The van der Waals surface area contributed by atoms with Gasteiger partial charge in [-0.05, 0) is 72.6 Å². The zero-order valence-corrected chi connectivity index (χ0v) is 21.4. The number of aromatic nitrogens is 1. The number of nitrogens with zero attached hydrogens (tertiary/aromatic N) is 1. The Bertz CT molecular complexity index is 913. The van der Waals surface area contributed by atoms with Crippen LogP contribution in [-0.4, -0.2) is 11.6 Å². The summed E-state index contributed by atoms with van der Waals surface area (Å²) in [7, 11) is 0. The molecule has 0 radical (unpaired) electrons. The van der Waals surface area contributed by atoms with Crippen LogP contribution in [0.1, 0.15) is 88.5 Å². The monoisotopic (exact) mass is 457 g/mol. The third-order valence-electron chi connectivity index (χ3n) is 6.53. The Balaban J connectivity index is 1.41. The maximum absolute atomic E-state index is 5.87. The molecule has 2 aromatic carbocycles. The van der Waals surface area contributed by atoms with E-state index < -0.39 is 0 Å². The summed E-state index contributed by atoms with van der Waals surface area (Å²) in [5.74, 6) is 0.965. The number of unbranched alkanes of at least 4 members (excludes halogenated alkanes) is 7. The molecule has 0 aliphatic heterocycles. The average molecular weight is 458 g/mol.